The highest BCUT2D eigenvalue weighted by Gasteiger charge is 2.33. The lowest BCUT2D eigenvalue weighted by molar-refractivity contribution is -0.160. The van der Waals surface area contributed by atoms with E-state index in [0.717, 1.165) is 6.07 Å². The molecule has 1 saturated heterocycles. The molecule has 108 valence electrons. The first-order valence-corrected chi connectivity index (χ1v) is 6.39. The number of hydrogen-bond acceptors (Lipinski definition) is 3. The molecule has 0 spiro atoms. The quantitative estimate of drug-likeness (QED) is 0.904. The summed E-state index contributed by atoms with van der Waals surface area (Å²) in [5, 5.41) is 9.21. The zero-order valence-electron chi connectivity index (χ0n) is 10.7. The SMILES string of the molecule is C[C@@H]1CN(C(=O)c2cc(Cl)ccc2F)CC(C(=O)O)O1. The Labute approximate surface area is 119 Å². The minimum absolute atomic E-state index is 0.121. The van der Waals surface area contributed by atoms with Crippen LogP contribution in [-0.4, -0.2) is 47.2 Å². The fourth-order valence-corrected chi connectivity index (χ4v) is 2.26. The molecule has 0 radical (unpaired) electrons. The maximum Gasteiger partial charge on any atom is 0.334 e. The summed E-state index contributed by atoms with van der Waals surface area (Å²) in [6, 6.07) is 3.68. The van der Waals surface area contributed by atoms with Gasteiger partial charge in [0.2, 0.25) is 0 Å². The Hall–Kier alpha value is -1.66. The van der Waals surface area contributed by atoms with Crippen molar-refractivity contribution in [1.29, 1.82) is 0 Å². The zero-order chi connectivity index (χ0) is 14.9. The van der Waals surface area contributed by atoms with Gasteiger partial charge >= 0.3 is 5.97 Å². The molecule has 1 amide bonds. The van der Waals surface area contributed by atoms with Crippen LogP contribution >= 0.6 is 11.6 Å². The van der Waals surface area contributed by atoms with Crippen molar-refractivity contribution in [3.05, 3.63) is 34.6 Å². The molecule has 1 aliphatic heterocycles. The second-order valence-corrected chi connectivity index (χ2v) is 5.04. The van der Waals surface area contributed by atoms with E-state index in [4.69, 9.17) is 21.4 Å². The third-order valence-corrected chi connectivity index (χ3v) is 3.22. The number of carboxylic acids is 1. The normalized spacial score (nSPS) is 22.6. The Morgan fingerprint density at radius 1 is 1.45 bits per heavy atom. The van der Waals surface area contributed by atoms with Crippen LogP contribution in [0.15, 0.2) is 18.2 Å². The molecule has 1 aromatic carbocycles. The van der Waals surface area contributed by atoms with E-state index >= 15 is 0 Å². The van der Waals surface area contributed by atoms with Crippen LogP contribution in [0.4, 0.5) is 4.39 Å². The summed E-state index contributed by atoms with van der Waals surface area (Å²) in [5.41, 5.74) is -0.171. The topological polar surface area (TPSA) is 66.8 Å². The standard InChI is InChI=1S/C13H13ClFNO4/c1-7-5-16(6-11(20-7)13(18)19)12(17)9-4-8(14)2-3-10(9)15/h2-4,7,11H,5-6H2,1H3,(H,18,19)/t7-,11?/m1/s1. The second-order valence-electron chi connectivity index (χ2n) is 4.61. The Morgan fingerprint density at radius 3 is 2.80 bits per heavy atom. The predicted molar refractivity (Wildman–Crippen MR) is 69.3 cm³/mol. The number of benzene rings is 1. The van der Waals surface area contributed by atoms with E-state index in [-0.39, 0.29) is 23.7 Å². The van der Waals surface area contributed by atoms with Gasteiger partial charge < -0.3 is 14.7 Å². The first-order valence-electron chi connectivity index (χ1n) is 6.01. The Morgan fingerprint density at radius 2 is 2.15 bits per heavy atom. The van der Waals surface area contributed by atoms with Gasteiger partial charge in [-0.1, -0.05) is 11.6 Å². The van der Waals surface area contributed by atoms with Crippen molar-refractivity contribution >= 4 is 23.5 Å². The highest BCUT2D eigenvalue weighted by Crippen LogP contribution is 2.19. The zero-order valence-corrected chi connectivity index (χ0v) is 11.4. The molecular formula is C13H13ClFNO4. The van der Waals surface area contributed by atoms with Crippen LogP contribution in [0.25, 0.3) is 0 Å². The summed E-state index contributed by atoms with van der Waals surface area (Å²) in [5.74, 6) is -2.43. The molecule has 1 aromatic rings. The van der Waals surface area contributed by atoms with Crippen molar-refractivity contribution < 1.29 is 23.8 Å². The van der Waals surface area contributed by atoms with Gasteiger partial charge in [0.1, 0.15) is 5.82 Å². The van der Waals surface area contributed by atoms with E-state index < -0.39 is 29.9 Å². The Balaban J connectivity index is 2.23. The third-order valence-electron chi connectivity index (χ3n) is 2.98. The molecule has 5 nitrogen and oxygen atoms in total. The number of morpholine rings is 1. The van der Waals surface area contributed by atoms with Crippen molar-refractivity contribution in [2.24, 2.45) is 0 Å². The Bertz CT molecular complexity index is 551. The van der Waals surface area contributed by atoms with E-state index in [9.17, 15) is 14.0 Å². The van der Waals surface area contributed by atoms with Gasteiger partial charge in [-0.25, -0.2) is 9.18 Å². The van der Waals surface area contributed by atoms with Gasteiger partial charge in [-0.15, -0.1) is 0 Å². The second kappa shape index (κ2) is 5.76. The van der Waals surface area contributed by atoms with Gasteiger partial charge in [0.25, 0.3) is 5.91 Å². The lowest BCUT2D eigenvalue weighted by Crippen LogP contribution is -2.51. The number of carbonyl (C=O) groups is 2. The minimum Gasteiger partial charge on any atom is -0.479 e. The summed E-state index contributed by atoms with van der Waals surface area (Å²) < 4.78 is 18.9. The fraction of sp³-hybridized carbons (Fsp3) is 0.385. The number of halogens is 2. The molecule has 1 fully saturated rings. The number of carbonyl (C=O) groups excluding carboxylic acids is 1. The number of carboxylic acid groups (broad SMARTS) is 1. The van der Waals surface area contributed by atoms with Crippen molar-refractivity contribution in [2.75, 3.05) is 13.1 Å². The number of aliphatic carboxylic acids is 1. The molecule has 20 heavy (non-hydrogen) atoms. The number of nitrogens with zero attached hydrogens (tertiary/aromatic N) is 1. The molecule has 1 N–H and O–H groups in total. The maximum atomic E-state index is 13.7. The highest BCUT2D eigenvalue weighted by atomic mass is 35.5. The van der Waals surface area contributed by atoms with Gasteiger partial charge in [-0.3, -0.25) is 4.79 Å². The number of rotatable bonds is 2. The van der Waals surface area contributed by atoms with Crippen LogP contribution in [0.1, 0.15) is 17.3 Å². The largest absolute Gasteiger partial charge is 0.479 e. The summed E-state index contributed by atoms with van der Waals surface area (Å²) in [6.07, 6.45) is -1.54. The lowest BCUT2D eigenvalue weighted by atomic mass is 10.1. The van der Waals surface area contributed by atoms with Crippen LogP contribution in [0.2, 0.25) is 5.02 Å². The van der Waals surface area contributed by atoms with Crippen LogP contribution in [-0.2, 0) is 9.53 Å². The van der Waals surface area contributed by atoms with E-state index in [1.807, 2.05) is 0 Å². The molecule has 7 heteroatoms. The maximum absolute atomic E-state index is 13.7. The van der Waals surface area contributed by atoms with E-state index in [2.05, 4.69) is 0 Å². The minimum atomic E-state index is -1.15. The molecule has 1 heterocycles. The summed E-state index contributed by atoms with van der Waals surface area (Å²) in [7, 11) is 0. The summed E-state index contributed by atoms with van der Waals surface area (Å²) >= 11 is 5.75. The molecule has 0 bridgehead atoms. The highest BCUT2D eigenvalue weighted by molar-refractivity contribution is 6.31. The van der Waals surface area contributed by atoms with Crippen LogP contribution in [0.3, 0.4) is 0 Å². The fourth-order valence-electron chi connectivity index (χ4n) is 2.09. The number of amides is 1. The molecule has 2 atom stereocenters. The summed E-state index contributed by atoms with van der Waals surface area (Å²) in [4.78, 5) is 24.5. The molecule has 1 unspecified atom stereocenters. The molecular weight excluding hydrogens is 289 g/mol. The predicted octanol–water partition coefficient (Wildman–Crippen LogP) is 1.79. The van der Waals surface area contributed by atoms with Gasteiger partial charge in [-0.05, 0) is 25.1 Å². The molecule has 0 aliphatic carbocycles. The van der Waals surface area contributed by atoms with E-state index in [0.29, 0.717) is 0 Å². The van der Waals surface area contributed by atoms with Gasteiger partial charge in [-0.2, -0.15) is 0 Å². The van der Waals surface area contributed by atoms with Crippen molar-refractivity contribution in [2.45, 2.75) is 19.1 Å². The van der Waals surface area contributed by atoms with Crippen LogP contribution < -0.4 is 0 Å². The molecule has 1 aliphatic rings. The van der Waals surface area contributed by atoms with Crippen molar-refractivity contribution in [3.63, 3.8) is 0 Å². The van der Waals surface area contributed by atoms with Gasteiger partial charge in [0, 0.05) is 11.6 Å². The van der Waals surface area contributed by atoms with Crippen molar-refractivity contribution in [1.82, 2.24) is 4.90 Å². The lowest BCUT2D eigenvalue weighted by Gasteiger charge is -2.35. The molecule has 0 aromatic heterocycles. The summed E-state index contributed by atoms with van der Waals surface area (Å²) in [6.45, 7) is 1.74. The van der Waals surface area contributed by atoms with Crippen LogP contribution in [0, 0.1) is 5.82 Å². The molecule has 2 rings (SSSR count). The number of hydrogen-bond donors (Lipinski definition) is 1. The van der Waals surface area contributed by atoms with E-state index in [1.54, 1.807) is 6.92 Å². The van der Waals surface area contributed by atoms with Crippen LogP contribution in [0.5, 0.6) is 0 Å². The first-order chi connectivity index (χ1) is 9.38. The van der Waals surface area contributed by atoms with E-state index in [1.165, 1.54) is 17.0 Å². The Kier molecular flexibility index (Phi) is 4.25. The third kappa shape index (κ3) is 3.08. The monoisotopic (exact) mass is 301 g/mol. The van der Waals surface area contributed by atoms with Gasteiger partial charge in [0.05, 0.1) is 18.2 Å². The van der Waals surface area contributed by atoms with Gasteiger partial charge in [0.15, 0.2) is 6.10 Å². The number of ether oxygens (including phenoxy) is 1. The first kappa shape index (κ1) is 14.7. The molecule has 0 saturated carbocycles. The van der Waals surface area contributed by atoms with Crippen molar-refractivity contribution in [3.8, 4) is 0 Å². The average Bonchev–Trinajstić information content (AvgIpc) is 2.40. The smallest absolute Gasteiger partial charge is 0.334 e. The average molecular weight is 302 g/mol.